The van der Waals surface area contributed by atoms with E-state index < -0.39 is 0 Å². The number of halogens is 1. The summed E-state index contributed by atoms with van der Waals surface area (Å²) in [4.78, 5) is 25.5. The van der Waals surface area contributed by atoms with E-state index in [2.05, 4.69) is 59.6 Å². The molecular formula is C31H36BrN3O3S. The van der Waals surface area contributed by atoms with Gasteiger partial charge in [0.05, 0.1) is 11.1 Å². The molecule has 8 heteroatoms. The molecule has 0 aliphatic rings. The van der Waals surface area contributed by atoms with Crippen molar-refractivity contribution in [2.45, 2.75) is 58.8 Å². The van der Waals surface area contributed by atoms with Crippen LogP contribution in [0.15, 0.2) is 71.2 Å². The van der Waals surface area contributed by atoms with Crippen molar-refractivity contribution in [1.29, 1.82) is 0 Å². The van der Waals surface area contributed by atoms with Crippen LogP contribution in [0.3, 0.4) is 0 Å². The molecule has 0 saturated carbocycles. The first-order valence-electron chi connectivity index (χ1n) is 13.1. The van der Waals surface area contributed by atoms with E-state index in [0.29, 0.717) is 39.3 Å². The standard InChI is InChI=1S/C31H36BrN3O3S/c1-5-6-7-8-18-38-27-17-14-22(19-26(27)32)29(37)35-30(39)34-25-11-9-10-24(20-25)33-28(36)21-12-15-23(16-13-21)31(2,3)4/h9-17,19-20H,5-8,18H2,1-4H3,(H,33,36)(H2,34,35,37,39). The Kier molecular flexibility index (Phi) is 11.1. The highest BCUT2D eigenvalue weighted by Crippen LogP contribution is 2.27. The predicted octanol–water partition coefficient (Wildman–Crippen LogP) is 8.08. The Morgan fingerprint density at radius 1 is 0.846 bits per heavy atom. The molecule has 0 aliphatic carbocycles. The molecule has 0 saturated heterocycles. The lowest BCUT2D eigenvalue weighted by molar-refractivity contribution is 0.0976. The summed E-state index contributed by atoms with van der Waals surface area (Å²) in [6.07, 6.45) is 4.51. The largest absolute Gasteiger partial charge is 0.492 e. The van der Waals surface area contributed by atoms with Crippen LogP contribution >= 0.6 is 28.1 Å². The summed E-state index contributed by atoms with van der Waals surface area (Å²) in [5.74, 6) is 0.154. The number of ether oxygens (including phenoxy) is 1. The molecule has 3 rings (SSSR count). The fraction of sp³-hybridized carbons (Fsp3) is 0.323. The Morgan fingerprint density at radius 3 is 2.15 bits per heavy atom. The lowest BCUT2D eigenvalue weighted by atomic mass is 9.87. The first-order valence-corrected chi connectivity index (χ1v) is 14.3. The van der Waals surface area contributed by atoms with Crippen molar-refractivity contribution in [2.75, 3.05) is 17.2 Å². The summed E-state index contributed by atoms with van der Waals surface area (Å²) < 4.78 is 6.53. The predicted molar refractivity (Wildman–Crippen MR) is 167 cm³/mol. The normalized spacial score (nSPS) is 11.0. The molecule has 0 spiro atoms. The number of nitrogens with one attached hydrogen (secondary N) is 3. The lowest BCUT2D eigenvalue weighted by Crippen LogP contribution is -2.34. The number of rotatable bonds is 10. The van der Waals surface area contributed by atoms with Gasteiger partial charge in [0.1, 0.15) is 5.75 Å². The van der Waals surface area contributed by atoms with E-state index in [9.17, 15) is 9.59 Å². The van der Waals surface area contributed by atoms with Crippen molar-refractivity contribution in [3.05, 3.63) is 87.9 Å². The average molecular weight is 611 g/mol. The summed E-state index contributed by atoms with van der Waals surface area (Å²) in [5.41, 5.74) is 3.44. The van der Waals surface area contributed by atoms with E-state index in [1.807, 2.05) is 24.3 Å². The SMILES string of the molecule is CCCCCCOc1ccc(C(=O)NC(=S)Nc2cccc(NC(=O)c3ccc(C(C)(C)C)cc3)c2)cc1Br. The maximum atomic E-state index is 12.7. The summed E-state index contributed by atoms with van der Waals surface area (Å²) in [5, 5.41) is 8.75. The van der Waals surface area contributed by atoms with Crippen LogP contribution in [0.1, 0.15) is 79.7 Å². The minimum absolute atomic E-state index is 0.0186. The van der Waals surface area contributed by atoms with E-state index in [1.54, 1.807) is 42.5 Å². The minimum Gasteiger partial charge on any atom is -0.492 e. The summed E-state index contributed by atoms with van der Waals surface area (Å²) in [7, 11) is 0. The van der Waals surface area contributed by atoms with Crippen molar-refractivity contribution in [2.24, 2.45) is 0 Å². The number of thiocarbonyl (C=S) groups is 1. The molecule has 0 aliphatic heterocycles. The number of unbranched alkanes of at least 4 members (excludes halogenated alkanes) is 3. The molecule has 6 nitrogen and oxygen atoms in total. The molecule has 39 heavy (non-hydrogen) atoms. The third-order valence-electron chi connectivity index (χ3n) is 6.07. The van der Waals surface area contributed by atoms with Crippen LogP contribution < -0.4 is 20.7 Å². The molecule has 3 N–H and O–H groups in total. The van der Waals surface area contributed by atoms with Crippen LogP contribution in [0.4, 0.5) is 11.4 Å². The maximum absolute atomic E-state index is 12.7. The maximum Gasteiger partial charge on any atom is 0.257 e. The van der Waals surface area contributed by atoms with Gasteiger partial charge in [-0.1, -0.05) is 65.2 Å². The van der Waals surface area contributed by atoms with Crippen molar-refractivity contribution in [3.63, 3.8) is 0 Å². The number of carbonyl (C=O) groups excluding carboxylic acids is 2. The van der Waals surface area contributed by atoms with Gasteiger partial charge in [-0.15, -0.1) is 0 Å². The fourth-order valence-electron chi connectivity index (χ4n) is 3.81. The summed E-state index contributed by atoms with van der Waals surface area (Å²) in [6, 6.07) is 19.9. The lowest BCUT2D eigenvalue weighted by Gasteiger charge is -2.19. The average Bonchev–Trinajstić information content (AvgIpc) is 2.89. The van der Waals surface area contributed by atoms with Crippen LogP contribution in [-0.2, 0) is 5.41 Å². The van der Waals surface area contributed by atoms with Crippen molar-refractivity contribution < 1.29 is 14.3 Å². The molecule has 206 valence electrons. The van der Waals surface area contributed by atoms with Gasteiger partial charge in [-0.3, -0.25) is 14.9 Å². The molecule has 0 heterocycles. The molecular weight excluding hydrogens is 574 g/mol. The van der Waals surface area contributed by atoms with E-state index in [1.165, 1.54) is 12.8 Å². The number of benzene rings is 3. The molecule has 2 amide bonds. The first-order chi connectivity index (χ1) is 18.6. The van der Waals surface area contributed by atoms with Gasteiger partial charge in [-0.05, 0) is 94.1 Å². The highest BCUT2D eigenvalue weighted by molar-refractivity contribution is 9.10. The van der Waals surface area contributed by atoms with E-state index >= 15 is 0 Å². The summed E-state index contributed by atoms with van der Waals surface area (Å²) in [6.45, 7) is 9.21. The van der Waals surface area contributed by atoms with Crippen molar-refractivity contribution in [1.82, 2.24) is 5.32 Å². The first kappa shape index (κ1) is 30.3. The highest BCUT2D eigenvalue weighted by atomic mass is 79.9. The van der Waals surface area contributed by atoms with Gasteiger partial charge >= 0.3 is 0 Å². The Labute approximate surface area is 245 Å². The molecule has 0 bridgehead atoms. The topological polar surface area (TPSA) is 79.5 Å². The highest BCUT2D eigenvalue weighted by Gasteiger charge is 2.15. The van der Waals surface area contributed by atoms with E-state index in [-0.39, 0.29) is 22.3 Å². The number of anilines is 2. The van der Waals surface area contributed by atoms with Gasteiger partial charge in [0, 0.05) is 22.5 Å². The molecule has 3 aromatic carbocycles. The van der Waals surface area contributed by atoms with Crippen LogP contribution in [-0.4, -0.2) is 23.5 Å². The monoisotopic (exact) mass is 609 g/mol. The molecule has 0 aromatic heterocycles. The van der Waals surface area contributed by atoms with Gasteiger partial charge in [0.2, 0.25) is 0 Å². The third kappa shape index (κ3) is 9.48. The van der Waals surface area contributed by atoms with Crippen LogP contribution in [0.2, 0.25) is 0 Å². The fourth-order valence-corrected chi connectivity index (χ4v) is 4.51. The second kappa shape index (κ2) is 14.2. The number of hydrogen-bond donors (Lipinski definition) is 3. The number of hydrogen-bond acceptors (Lipinski definition) is 4. The Bertz CT molecular complexity index is 1300. The van der Waals surface area contributed by atoms with E-state index in [4.69, 9.17) is 17.0 Å². The van der Waals surface area contributed by atoms with Gasteiger partial charge in [0.25, 0.3) is 11.8 Å². The zero-order valence-corrected chi connectivity index (χ0v) is 25.3. The summed E-state index contributed by atoms with van der Waals surface area (Å²) >= 11 is 8.83. The van der Waals surface area contributed by atoms with Gasteiger partial charge in [-0.25, -0.2) is 0 Å². The molecule has 0 fully saturated rings. The Hall–Kier alpha value is -3.23. The van der Waals surface area contributed by atoms with Crippen molar-refractivity contribution >= 4 is 56.4 Å². The Balaban J connectivity index is 1.54. The molecule has 0 radical (unpaired) electrons. The third-order valence-corrected chi connectivity index (χ3v) is 6.89. The van der Waals surface area contributed by atoms with Crippen LogP contribution in [0.25, 0.3) is 0 Å². The van der Waals surface area contributed by atoms with E-state index in [0.717, 1.165) is 18.4 Å². The number of amides is 2. The van der Waals surface area contributed by atoms with Crippen LogP contribution in [0, 0.1) is 0 Å². The van der Waals surface area contributed by atoms with Gasteiger partial charge in [-0.2, -0.15) is 0 Å². The zero-order valence-electron chi connectivity index (χ0n) is 22.9. The van der Waals surface area contributed by atoms with Gasteiger partial charge in [0.15, 0.2) is 5.11 Å². The smallest absolute Gasteiger partial charge is 0.257 e. The quantitative estimate of drug-likeness (QED) is 0.160. The van der Waals surface area contributed by atoms with Crippen LogP contribution in [0.5, 0.6) is 5.75 Å². The zero-order chi connectivity index (χ0) is 28.4. The van der Waals surface area contributed by atoms with Crippen molar-refractivity contribution in [3.8, 4) is 5.75 Å². The second-order valence-corrected chi connectivity index (χ2v) is 11.6. The minimum atomic E-state index is -0.342. The molecule has 0 unspecified atom stereocenters. The molecule has 3 aromatic rings. The second-order valence-electron chi connectivity index (χ2n) is 10.3. The Morgan fingerprint density at radius 2 is 1.51 bits per heavy atom. The molecule has 0 atom stereocenters. The number of carbonyl (C=O) groups is 2. The van der Waals surface area contributed by atoms with Gasteiger partial charge < -0.3 is 15.4 Å².